The first-order chi connectivity index (χ1) is 13.0. The number of aromatic nitrogens is 1. The van der Waals surface area contributed by atoms with Gasteiger partial charge in [-0.2, -0.15) is 0 Å². The molecule has 0 spiro atoms. The second-order valence-electron chi connectivity index (χ2n) is 7.45. The summed E-state index contributed by atoms with van der Waals surface area (Å²) in [6, 6.07) is 13.9. The van der Waals surface area contributed by atoms with Crippen LogP contribution in [-0.4, -0.2) is 16.0 Å². The molecule has 1 aliphatic rings. The molecule has 0 aliphatic carbocycles. The maximum Gasteiger partial charge on any atom is 0.128 e. The van der Waals surface area contributed by atoms with E-state index >= 15 is 0 Å². The van der Waals surface area contributed by atoms with E-state index in [0.29, 0.717) is 12.1 Å². The lowest BCUT2D eigenvalue weighted by Gasteiger charge is -2.31. The molecule has 1 atom stereocenters. The van der Waals surface area contributed by atoms with Gasteiger partial charge in [0.1, 0.15) is 11.6 Å². The molecule has 2 heterocycles. The normalized spacial score (nSPS) is 17.6. The van der Waals surface area contributed by atoms with Crippen LogP contribution in [0.1, 0.15) is 40.4 Å². The van der Waals surface area contributed by atoms with E-state index in [9.17, 15) is 8.78 Å². The molecule has 4 rings (SSSR count). The fraction of sp³-hybridized carbons (Fsp3) is 0.304. The van der Waals surface area contributed by atoms with E-state index < -0.39 is 5.82 Å². The van der Waals surface area contributed by atoms with Crippen LogP contribution in [0.4, 0.5) is 8.78 Å². The molecule has 0 radical (unpaired) electrons. The first-order valence-electron chi connectivity index (χ1n) is 9.43. The number of nitrogens with zero attached hydrogens (tertiary/aromatic N) is 2. The van der Waals surface area contributed by atoms with Crippen molar-refractivity contribution in [2.45, 2.75) is 39.4 Å². The highest BCUT2D eigenvalue weighted by Gasteiger charge is 2.30. The topological polar surface area (TPSA) is 8.17 Å². The van der Waals surface area contributed by atoms with E-state index in [1.54, 1.807) is 0 Å². The van der Waals surface area contributed by atoms with Crippen molar-refractivity contribution in [3.63, 3.8) is 0 Å². The van der Waals surface area contributed by atoms with Crippen molar-refractivity contribution in [3.05, 3.63) is 94.3 Å². The van der Waals surface area contributed by atoms with Gasteiger partial charge in [0.05, 0.1) is 6.04 Å². The standard InChI is InChI=1S/C23H24F2N2/c1-16-6-7-18(17(2)13-16)15-27-12-4-11-26-10-3-5-22(26)23(27)20-14-19(24)8-9-21(20)25/h3,5-10,13-14,23H,4,11-12,15H2,1-2H3. The second kappa shape index (κ2) is 7.28. The zero-order chi connectivity index (χ0) is 19.0. The van der Waals surface area contributed by atoms with Crippen molar-refractivity contribution in [3.8, 4) is 0 Å². The first-order valence-corrected chi connectivity index (χ1v) is 9.43. The molecule has 2 nitrogen and oxygen atoms in total. The summed E-state index contributed by atoms with van der Waals surface area (Å²) in [6.45, 7) is 6.62. The average Bonchev–Trinajstić information content (AvgIpc) is 3.01. The predicted molar refractivity (Wildman–Crippen MR) is 104 cm³/mol. The summed E-state index contributed by atoms with van der Waals surface area (Å²) in [6.07, 6.45) is 3.00. The Balaban J connectivity index is 1.79. The molecule has 0 saturated carbocycles. The van der Waals surface area contributed by atoms with Crippen molar-refractivity contribution < 1.29 is 8.78 Å². The third-order valence-corrected chi connectivity index (χ3v) is 5.48. The van der Waals surface area contributed by atoms with Gasteiger partial charge in [-0.15, -0.1) is 0 Å². The molecule has 0 fully saturated rings. The monoisotopic (exact) mass is 366 g/mol. The van der Waals surface area contributed by atoms with E-state index in [2.05, 4.69) is 41.5 Å². The van der Waals surface area contributed by atoms with Crippen LogP contribution in [0.3, 0.4) is 0 Å². The molecule has 27 heavy (non-hydrogen) atoms. The fourth-order valence-electron chi connectivity index (χ4n) is 4.13. The molecule has 0 saturated heterocycles. The molecule has 0 bridgehead atoms. The van der Waals surface area contributed by atoms with Crippen LogP contribution in [0.2, 0.25) is 0 Å². The number of fused-ring (bicyclic) bond motifs is 1. The van der Waals surface area contributed by atoms with E-state index in [-0.39, 0.29) is 11.9 Å². The number of aryl methyl sites for hydroxylation is 3. The molecule has 0 amide bonds. The minimum absolute atomic E-state index is 0.307. The smallest absolute Gasteiger partial charge is 0.128 e. The molecule has 1 aliphatic heterocycles. The maximum absolute atomic E-state index is 14.7. The summed E-state index contributed by atoms with van der Waals surface area (Å²) in [5.41, 5.74) is 5.10. The summed E-state index contributed by atoms with van der Waals surface area (Å²) in [4.78, 5) is 2.27. The lowest BCUT2D eigenvalue weighted by Crippen LogP contribution is -2.30. The first kappa shape index (κ1) is 17.9. The lowest BCUT2D eigenvalue weighted by molar-refractivity contribution is 0.215. The molecule has 1 aromatic heterocycles. The Morgan fingerprint density at radius 1 is 1.00 bits per heavy atom. The van der Waals surface area contributed by atoms with E-state index in [1.165, 1.54) is 34.9 Å². The predicted octanol–water partition coefficient (Wildman–Crippen LogP) is 5.38. The van der Waals surface area contributed by atoms with Crippen molar-refractivity contribution in [2.75, 3.05) is 6.54 Å². The van der Waals surface area contributed by atoms with Gasteiger partial charge in [-0.1, -0.05) is 23.8 Å². The minimum Gasteiger partial charge on any atom is -0.350 e. The number of benzene rings is 2. The van der Waals surface area contributed by atoms with Gasteiger partial charge < -0.3 is 4.57 Å². The lowest BCUT2D eigenvalue weighted by atomic mass is 9.99. The van der Waals surface area contributed by atoms with Gasteiger partial charge in [0, 0.05) is 37.1 Å². The summed E-state index contributed by atoms with van der Waals surface area (Å²) >= 11 is 0. The highest BCUT2D eigenvalue weighted by Crippen LogP contribution is 2.35. The van der Waals surface area contributed by atoms with Crippen LogP contribution in [0.25, 0.3) is 0 Å². The molecule has 2 aromatic carbocycles. The largest absolute Gasteiger partial charge is 0.350 e. The Kier molecular flexibility index (Phi) is 4.83. The quantitative estimate of drug-likeness (QED) is 0.604. The Morgan fingerprint density at radius 2 is 1.85 bits per heavy atom. The molecule has 0 N–H and O–H groups in total. The maximum atomic E-state index is 14.7. The Labute approximate surface area is 159 Å². The van der Waals surface area contributed by atoms with Crippen LogP contribution in [0.15, 0.2) is 54.7 Å². The Morgan fingerprint density at radius 3 is 2.67 bits per heavy atom. The average molecular weight is 366 g/mol. The van der Waals surface area contributed by atoms with Crippen molar-refractivity contribution >= 4 is 0 Å². The van der Waals surface area contributed by atoms with Gasteiger partial charge in [-0.3, -0.25) is 4.90 Å². The highest BCUT2D eigenvalue weighted by atomic mass is 19.1. The molecule has 3 aromatic rings. The van der Waals surface area contributed by atoms with Gasteiger partial charge >= 0.3 is 0 Å². The molecule has 4 heteroatoms. The number of hydrogen-bond acceptors (Lipinski definition) is 1. The molecular weight excluding hydrogens is 342 g/mol. The zero-order valence-corrected chi connectivity index (χ0v) is 15.8. The fourth-order valence-corrected chi connectivity index (χ4v) is 4.13. The number of hydrogen-bond donors (Lipinski definition) is 0. The van der Waals surface area contributed by atoms with Crippen molar-refractivity contribution in [1.82, 2.24) is 9.47 Å². The molecule has 140 valence electrons. The molecule has 1 unspecified atom stereocenters. The Hall–Kier alpha value is -2.46. The van der Waals surface area contributed by atoms with Crippen molar-refractivity contribution in [2.24, 2.45) is 0 Å². The SMILES string of the molecule is Cc1ccc(CN2CCCn3cccc3C2c2cc(F)ccc2F)c(C)c1. The summed E-state index contributed by atoms with van der Waals surface area (Å²) in [5, 5.41) is 0. The summed E-state index contributed by atoms with van der Waals surface area (Å²) in [5.74, 6) is -0.762. The van der Waals surface area contributed by atoms with Gasteiger partial charge in [0.25, 0.3) is 0 Å². The summed E-state index contributed by atoms with van der Waals surface area (Å²) in [7, 11) is 0. The second-order valence-corrected chi connectivity index (χ2v) is 7.45. The van der Waals surface area contributed by atoms with E-state index in [1.807, 2.05) is 18.3 Å². The van der Waals surface area contributed by atoms with Crippen molar-refractivity contribution in [1.29, 1.82) is 0 Å². The van der Waals surface area contributed by atoms with Gasteiger partial charge in [-0.25, -0.2) is 8.78 Å². The van der Waals surface area contributed by atoms with Crippen LogP contribution in [0.5, 0.6) is 0 Å². The van der Waals surface area contributed by atoms with Crippen LogP contribution in [0, 0.1) is 25.5 Å². The van der Waals surface area contributed by atoms with Crippen LogP contribution >= 0.6 is 0 Å². The number of halogens is 2. The molecular formula is C23H24F2N2. The van der Waals surface area contributed by atoms with E-state index in [4.69, 9.17) is 0 Å². The number of rotatable bonds is 3. The van der Waals surface area contributed by atoms with Crippen LogP contribution < -0.4 is 0 Å². The highest BCUT2D eigenvalue weighted by molar-refractivity contribution is 5.34. The zero-order valence-electron chi connectivity index (χ0n) is 15.8. The minimum atomic E-state index is -0.403. The van der Waals surface area contributed by atoms with Crippen LogP contribution in [-0.2, 0) is 13.1 Å². The summed E-state index contributed by atoms with van der Waals surface area (Å²) < 4.78 is 30.9. The Bertz CT molecular complexity index is 961. The third-order valence-electron chi connectivity index (χ3n) is 5.48. The van der Waals surface area contributed by atoms with Gasteiger partial charge in [0.15, 0.2) is 0 Å². The van der Waals surface area contributed by atoms with E-state index in [0.717, 1.165) is 25.2 Å². The third kappa shape index (κ3) is 3.54. The van der Waals surface area contributed by atoms with Gasteiger partial charge in [0.2, 0.25) is 0 Å². The van der Waals surface area contributed by atoms with Gasteiger partial charge in [-0.05, 0) is 61.7 Å².